The van der Waals surface area contributed by atoms with Crippen LogP contribution in [0.1, 0.15) is 51.0 Å². The Balaban J connectivity index is 1.26. The molecule has 0 aliphatic carbocycles. The zero-order valence-corrected chi connectivity index (χ0v) is 23.7. The minimum Gasteiger partial charge on any atom is -0.461 e. The molecule has 41 heavy (non-hydrogen) atoms. The Bertz CT molecular complexity index is 1610. The predicted octanol–water partition coefficient (Wildman–Crippen LogP) is 5.49. The van der Waals surface area contributed by atoms with Crippen LogP contribution >= 0.6 is 0 Å². The van der Waals surface area contributed by atoms with Crippen molar-refractivity contribution in [2.75, 3.05) is 37.7 Å². The van der Waals surface area contributed by atoms with Crippen LogP contribution in [0, 0.1) is 5.82 Å². The van der Waals surface area contributed by atoms with E-state index in [1.54, 1.807) is 6.20 Å². The zero-order valence-electron chi connectivity index (χ0n) is 23.7. The van der Waals surface area contributed by atoms with Crippen molar-refractivity contribution in [1.82, 2.24) is 25.2 Å². The molecule has 4 saturated heterocycles. The lowest BCUT2D eigenvalue weighted by Crippen LogP contribution is -2.51. The number of aromatic nitrogens is 3. The highest BCUT2D eigenvalue weighted by atomic mass is 19.1. The van der Waals surface area contributed by atoms with Crippen LogP contribution in [0.5, 0.6) is 6.01 Å². The highest BCUT2D eigenvalue weighted by Gasteiger charge is 2.45. The average molecular weight is 553 g/mol. The molecule has 4 aromatic rings. The highest BCUT2D eigenvalue weighted by molar-refractivity contribution is 6.00. The first-order valence-corrected chi connectivity index (χ1v) is 15.4. The molecule has 4 aliphatic rings. The molecule has 4 aliphatic heterocycles. The summed E-state index contributed by atoms with van der Waals surface area (Å²) in [5.74, 6) is 0.328. The van der Waals surface area contributed by atoms with Crippen LogP contribution in [-0.4, -0.2) is 70.3 Å². The van der Waals surface area contributed by atoms with Gasteiger partial charge in [-0.25, -0.2) is 4.39 Å². The number of benzene rings is 2. The molecule has 212 valence electrons. The summed E-state index contributed by atoms with van der Waals surface area (Å²) in [4.78, 5) is 19.3. The summed E-state index contributed by atoms with van der Waals surface area (Å²) in [6, 6.07) is 13.4. The van der Waals surface area contributed by atoms with E-state index >= 15 is 4.39 Å². The summed E-state index contributed by atoms with van der Waals surface area (Å²) in [5.41, 5.74) is 2.66. The van der Waals surface area contributed by atoms with E-state index in [-0.39, 0.29) is 11.5 Å². The number of nitrogens with zero attached hydrogens (tertiary/aromatic N) is 5. The fourth-order valence-corrected chi connectivity index (χ4v) is 8.06. The minimum atomic E-state index is -0.408. The van der Waals surface area contributed by atoms with Crippen LogP contribution < -0.4 is 15.0 Å². The molecule has 8 heteroatoms. The molecule has 2 aromatic carbocycles. The quantitative estimate of drug-likeness (QED) is 0.339. The number of pyridine rings is 1. The topological polar surface area (TPSA) is 66.4 Å². The molecular weight excluding hydrogens is 515 g/mol. The molecule has 2 aromatic heterocycles. The third-order valence-electron chi connectivity index (χ3n) is 10.1. The number of anilines is 1. The molecule has 4 fully saturated rings. The van der Waals surface area contributed by atoms with E-state index in [1.807, 2.05) is 12.1 Å². The van der Waals surface area contributed by atoms with E-state index in [9.17, 15) is 0 Å². The molecule has 6 heterocycles. The van der Waals surface area contributed by atoms with Crippen molar-refractivity contribution < 1.29 is 9.13 Å². The first-order valence-electron chi connectivity index (χ1n) is 15.4. The first kappa shape index (κ1) is 25.4. The van der Waals surface area contributed by atoms with Gasteiger partial charge in [0, 0.05) is 36.9 Å². The number of fused-ring (bicyclic) bond motifs is 5. The number of hydrogen-bond donors (Lipinski definition) is 1. The smallest absolute Gasteiger partial charge is 0.319 e. The van der Waals surface area contributed by atoms with Crippen molar-refractivity contribution in [3.05, 3.63) is 54.0 Å². The largest absolute Gasteiger partial charge is 0.461 e. The number of piperazine rings is 1. The Hall–Kier alpha value is -3.36. The van der Waals surface area contributed by atoms with E-state index in [0.717, 1.165) is 80.4 Å². The maximum absolute atomic E-state index is 16.7. The lowest BCUT2D eigenvalue weighted by Gasteiger charge is -2.34. The van der Waals surface area contributed by atoms with Crippen molar-refractivity contribution in [1.29, 1.82) is 0 Å². The molecule has 0 radical (unpaired) electrons. The zero-order chi connectivity index (χ0) is 27.6. The molecule has 2 atom stereocenters. The Labute approximate surface area is 240 Å². The maximum atomic E-state index is 16.7. The second-order valence-corrected chi connectivity index (χ2v) is 12.4. The summed E-state index contributed by atoms with van der Waals surface area (Å²) in [6.07, 6.45) is 9.62. The number of rotatable bonds is 6. The van der Waals surface area contributed by atoms with E-state index in [0.29, 0.717) is 35.3 Å². The minimum absolute atomic E-state index is 0.0636. The van der Waals surface area contributed by atoms with Crippen LogP contribution in [0.4, 0.5) is 10.2 Å². The molecule has 2 unspecified atom stereocenters. The standard InChI is InChI=1S/C33H37FN6O/c1-2-21-7-3-8-22-9-4-10-25(27(21)22)29-28(34)30-26(17-35-29)31(39-18-23-11-12-24(19-39)36-23)38-32(37-30)41-20-33-13-5-15-40(33)16-6-14-33/h3-4,7-10,17,23-24,36H,2,5-6,11-16,18-20H2,1H3. The summed E-state index contributed by atoms with van der Waals surface area (Å²) in [7, 11) is 0. The van der Waals surface area contributed by atoms with Crippen LogP contribution in [-0.2, 0) is 6.42 Å². The Morgan fingerprint density at radius 3 is 2.54 bits per heavy atom. The number of aryl methyl sites for hydroxylation is 1. The summed E-state index contributed by atoms with van der Waals surface area (Å²) >= 11 is 0. The summed E-state index contributed by atoms with van der Waals surface area (Å²) in [6.45, 7) is 6.62. The van der Waals surface area contributed by atoms with Gasteiger partial charge in [-0.05, 0) is 74.4 Å². The van der Waals surface area contributed by atoms with Gasteiger partial charge in [0.15, 0.2) is 5.82 Å². The normalized spacial score (nSPS) is 23.5. The Kier molecular flexibility index (Phi) is 6.11. The van der Waals surface area contributed by atoms with Crippen molar-refractivity contribution >= 4 is 27.5 Å². The van der Waals surface area contributed by atoms with Gasteiger partial charge >= 0.3 is 6.01 Å². The van der Waals surface area contributed by atoms with Crippen LogP contribution in [0.25, 0.3) is 32.9 Å². The SMILES string of the molecule is CCc1cccc2cccc(-c3ncc4c(N5CC6CCC(C5)N6)nc(OCC56CCCN5CCC6)nc4c3F)c12. The third-order valence-corrected chi connectivity index (χ3v) is 10.1. The lowest BCUT2D eigenvalue weighted by molar-refractivity contribution is 0.108. The van der Waals surface area contributed by atoms with Gasteiger partial charge in [-0.3, -0.25) is 9.88 Å². The molecule has 0 amide bonds. The molecular formula is C33H37FN6O. The van der Waals surface area contributed by atoms with Gasteiger partial charge in [-0.15, -0.1) is 0 Å². The fourth-order valence-electron chi connectivity index (χ4n) is 8.06. The number of hydrogen-bond acceptors (Lipinski definition) is 7. The van der Waals surface area contributed by atoms with Crippen molar-refractivity contribution in [3.8, 4) is 17.3 Å². The van der Waals surface area contributed by atoms with Gasteiger partial charge in [0.2, 0.25) is 0 Å². The highest BCUT2D eigenvalue weighted by Crippen LogP contribution is 2.40. The van der Waals surface area contributed by atoms with Gasteiger partial charge in [0.05, 0.1) is 10.9 Å². The van der Waals surface area contributed by atoms with Crippen LogP contribution in [0.2, 0.25) is 0 Å². The van der Waals surface area contributed by atoms with Gasteiger partial charge in [0.25, 0.3) is 0 Å². The fraction of sp³-hybridized carbons (Fsp3) is 0.485. The van der Waals surface area contributed by atoms with E-state index in [2.05, 4.69) is 46.3 Å². The molecule has 0 saturated carbocycles. The van der Waals surface area contributed by atoms with Crippen molar-refractivity contribution in [3.63, 3.8) is 0 Å². The summed E-state index contributed by atoms with van der Waals surface area (Å²) < 4.78 is 23.1. The average Bonchev–Trinajstić information content (AvgIpc) is 3.69. The van der Waals surface area contributed by atoms with Crippen LogP contribution in [0.3, 0.4) is 0 Å². The number of nitrogens with one attached hydrogen (secondary N) is 1. The molecule has 7 nitrogen and oxygen atoms in total. The maximum Gasteiger partial charge on any atom is 0.319 e. The Morgan fingerprint density at radius 2 is 1.78 bits per heavy atom. The van der Waals surface area contributed by atoms with E-state index < -0.39 is 5.82 Å². The van der Waals surface area contributed by atoms with Crippen molar-refractivity contribution in [2.45, 2.75) is 69.5 Å². The monoisotopic (exact) mass is 552 g/mol. The summed E-state index contributed by atoms with van der Waals surface area (Å²) in [5, 5.41) is 6.49. The van der Waals surface area contributed by atoms with Crippen LogP contribution in [0.15, 0.2) is 42.6 Å². The molecule has 1 N–H and O–H groups in total. The van der Waals surface area contributed by atoms with Gasteiger partial charge in [0.1, 0.15) is 23.6 Å². The van der Waals surface area contributed by atoms with Gasteiger partial charge in [-0.1, -0.05) is 43.3 Å². The van der Waals surface area contributed by atoms with Gasteiger partial charge < -0.3 is 15.0 Å². The van der Waals surface area contributed by atoms with E-state index in [4.69, 9.17) is 19.7 Å². The second kappa shape index (κ2) is 9.88. The second-order valence-electron chi connectivity index (χ2n) is 12.4. The molecule has 2 bridgehead atoms. The first-order chi connectivity index (χ1) is 20.1. The third kappa shape index (κ3) is 4.17. The lowest BCUT2D eigenvalue weighted by atomic mass is 9.95. The predicted molar refractivity (Wildman–Crippen MR) is 160 cm³/mol. The number of halogens is 1. The van der Waals surface area contributed by atoms with E-state index in [1.165, 1.54) is 18.4 Å². The van der Waals surface area contributed by atoms with Gasteiger partial charge in [-0.2, -0.15) is 9.97 Å². The molecule has 0 spiro atoms. The number of ether oxygens (including phenoxy) is 1. The van der Waals surface area contributed by atoms with Crippen molar-refractivity contribution in [2.24, 2.45) is 0 Å². The molecule has 8 rings (SSSR count). The Morgan fingerprint density at radius 1 is 1.02 bits per heavy atom.